The van der Waals surface area contributed by atoms with Crippen molar-refractivity contribution in [2.45, 2.75) is 6.42 Å². The third-order valence-electron chi connectivity index (χ3n) is 1.47. The van der Waals surface area contributed by atoms with Gasteiger partial charge in [0.15, 0.2) is 11.5 Å². The zero-order chi connectivity index (χ0) is 8.27. The molecule has 4 N–H and O–H groups in total. The second-order valence-corrected chi connectivity index (χ2v) is 2.36. The van der Waals surface area contributed by atoms with Crippen molar-refractivity contribution in [3.63, 3.8) is 0 Å². The quantitative estimate of drug-likeness (QED) is 0.352. The minimum atomic E-state index is -0.0919. The van der Waals surface area contributed by atoms with Crippen molar-refractivity contribution < 1.29 is 41.2 Å². The molecule has 0 fully saturated rings. The molecule has 1 rings (SSSR count). The molecule has 0 radical (unpaired) electrons. The van der Waals surface area contributed by atoms with Crippen LogP contribution >= 0.6 is 0 Å². The summed E-state index contributed by atoms with van der Waals surface area (Å²) in [6, 6.07) is 4.71. The van der Waals surface area contributed by atoms with E-state index in [2.05, 4.69) is 0 Å². The molecule has 0 bridgehead atoms. The number of phenolic OH excluding ortho intramolecular Hbond substituents is 2. The monoisotopic (exact) mass is 177 g/mol. The van der Waals surface area contributed by atoms with E-state index in [0.29, 0.717) is 13.0 Å². The molecule has 0 amide bonds. The Bertz CT molecular complexity index is 258. The molecular formula is C8H12NNaO2. The maximum atomic E-state index is 9.04. The molecule has 62 valence electrons. The number of phenols is 2. The number of benzene rings is 1. The SMILES string of the molecule is NCCc1ccc(O)c(O)c1.[H-].[Na+]. The predicted molar refractivity (Wildman–Crippen MR) is 43.6 cm³/mol. The summed E-state index contributed by atoms with van der Waals surface area (Å²) in [5.41, 5.74) is 6.24. The number of hydrogen-bond donors (Lipinski definition) is 3. The topological polar surface area (TPSA) is 66.5 Å². The van der Waals surface area contributed by atoms with Crippen molar-refractivity contribution in [2.75, 3.05) is 6.54 Å². The number of hydrogen-bond acceptors (Lipinski definition) is 3. The van der Waals surface area contributed by atoms with Crippen molar-refractivity contribution in [3.05, 3.63) is 23.8 Å². The predicted octanol–water partition coefficient (Wildman–Crippen LogP) is -2.28. The van der Waals surface area contributed by atoms with Crippen molar-refractivity contribution in [1.82, 2.24) is 0 Å². The zero-order valence-corrected chi connectivity index (χ0v) is 9.12. The Balaban J connectivity index is 0. The molecule has 0 aliphatic carbocycles. The van der Waals surface area contributed by atoms with Crippen molar-refractivity contribution in [1.29, 1.82) is 0 Å². The van der Waals surface area contributed by atoms with Crippen LogP contribution in [0.4, 0.5) is 0 Å². The van der Waals surface area contributed by atoms with Crippen molar-refractivity contribution >= 4 is 0 Å². The third-order valence-corrected chi connectivity index (χ3v) is 1.47. The Morgan fingerprint density at radius 2 is 1.92 bits per heavy atom. The smallest absolute Gasteiger partial charge is 1.00 e. The van der Waals surface area contributed by atoms with Gasteiger partial charge in [-0.3, -0.25) is 0 Å². The van der Waals surface area contributed by atoms with E-state index in [1.807, 2.05) is 0 Å². The fourth-order valence-electron chi connectivity index (χ4n) is 0.891. The second-order valence-electron chi connectivity index (χ2n) is 2.36. The summed E-state index contributed by atoms with van der Waals surface area (Å²) in [4.78, 5) is 0. The van der Waals surface area contributed by atoms with E-state index >= 15 is 0 Å². The van der Waals surface area contributed by atoms with Gasteiger partial charge in [-0.2, -0.15) is 0 Å². The van der Waals surface area contributed by atoms with Crippen LogP contribution in [0.1, 0.15) is 6.99 Å². The summed E-state index contributed by atoms with van der Waals surface area (Å²) in [5.74, 6) is -0.179. The van der Waals surface area contributed by atoms with Gasteiger partial charge in [-0.25, -0.2) is 0 Å². The summed E-state index contributed by atoms with van der Waals surface area (Å²) in [5, 5.41) is 18.0. The minimum absolute atomic E-state index is 0. The van der Waals surface area contributed by atoms with E-state index in [1.54, 1.807) is 6.07 Å². The number of nitrogens with two attached hydrogens (primary N) is 1. The molecule has 0 unspecified atom stereocenters. The van der Waals surface area contributed by atoms with Gasteiger partial charge in [0.05, 0.1) is 0 Å². The Labute approximate surface area is 95.0 Å². The van der Waals surface area contributed by atoms with Gasteiger partial charge >= 0.3 is 29.6 Å². The van der Waals surface area contributed by atoms with Crippen LogP contribution in [0.15, 0.2) is 18.2 Å². The summed E-state index contributed by atoms with van der Waals surface area (Å²) in [7, 11) is 0. The van der Waals surface area contributed by atoms with E-state index in [-0.39, 0.29) is 42.5 Å². The van der Waals surface area contributed by atoms with Gasteiger partial charge in [-0.15, -0.1) is 0 Å². The van der Waals surface area contributed by atoms with E-state index in [0.717, 1.165) is 5.56 Å². The molecule has 12 heavy (non-hydrogen) atoms. The molecule has 0 heterocycles. The second kappa shape index (κ2) is 5.43. The first-order valence-corrected chi connectivity index (χ1v) is 3.45. The average molecular weight is 177 g/mol. The molecule has 0 saturated heterocycles. The fourth-order valence-corrected chi connectivity index (χ4v) is 0.891. The molecule has 0 aromatic heterocycles. The number of rotatable bonds is 2. The molecule has 0 aliphatic heterocycles. The Morgan fingerprint density at radius 1 is 1.25 bits per heavy atom. The molecule has 0 aliphatic rings. The van der Waals surface area contributed by atoms with Crippen LogP contribution in [0.25, 0.3) is 0 Å². The van der Waals surface area contributed by atoms with E-state index in [1.165, 1.54) is 12.1 Å². The summed E-state index contributed by atoms with van der Waals surface area (Å²) < 4.78 is 0. The van der Waals surface area contributed by atoms with Crippen LogP contribution in [0.5, 0.6) is 11.5 Å². The van der Waals surface area contributed by atoms with Gasteiger partial charge in [0.1, 0.15) is 0 Å². The molecule has 4 heteroatoms. The van der Waals surface area contributed by atoms with Gasteiger partial charge in [-0.05, 0) is 30.7 Å². The summed E-state index contributed by atoms with van der Waals surface area (Å²) >= 11 is 0. The fraction of sp³-hybridized carbons (Fsp3) is 0.250. The molecule has 1 aromatic rings. The van der Waals surface area contributed by atoms with Crippen molar-refractivity contribution in [3.8, 4) is 11.5 Å². The Morgan fingerprint density at radius 3 is 2.42 bits per heavy atom. The molecule has 1 aromatic carbocycles. The minimum Gasteiger partial charge on any atom is -1.00 e. The maximum absolute atomic E-state index is 9.04. The molecular weight excluding hydrogens is 165 g/mol. The molecule has 3 nitrogen and oxygen atoms in total. The third kappa shape index (κ3) is 3.03. The standard InChI is InChI=1S/C8H11NO2.Na.H/c9-4-3-6-1-2-7(10)8(11)5-6;;/h1-2,5,10-11H,3-4,9H2;;/q;+1;-1. The van der Waals surface area contributed by atoms with Crippen LogP contribution in [-0.4, -0.2) is 16.8 Å². The largest absolute Gasteiger partial charge is 1.00 e. The first-order valence-electron chi connectivity index (χ1n) is 3.45. The van der Waals surface area contributed by atoms with Crippen LogP contribution in [0, 0.1) is 0 Å². The normalized spacial score (nSPS) is 9.08. The van der Waals surface area contributed by atoms with Gasteiger partial charge < -0.3 is 17.4 Å². The molecule has 0 saturated carbocycles. The first-order chi connectivity index (χ1) is 5.24. The van der Waals surface area contributed by atoms with Gasteiger partial charge in [0.25, 0.3) is 0 Å². The summed E-state index contributed by atoms with van der Waals surface area (Å²) in [6.45, 7) is 0.546. The van der Waals surface area contributed by atoms with E-state index < -0.39 is 0 Å². The zero-order valence-electron chi connectivity index (χ0n) is 8.12. The van der Waals surface area contributed by atoms with Crippen LogP contribution in [0.3, 0.4) is 0 Å². The van der Waals surface area contributed by atoms with Gasteiger partial charge in [0.2, 0.25) is 0 Å². The maximum Gasteiger partial charge on any atom is 1.00 e. The molecule has 0 atom stereocenters. The Kier molecular flexibility index (Phi) is 5.33. The first kappa shape index (κ1) is 11.8. The van der Waals surface area contributed by atoms with E-state index in [9.17, 15) is 0 Å². The average Bonchev–Trinajstić information content (AvgIpc) is 1.98. The van der Waals surface area contributed by atoms with Crippen LogP contribution in [-0.2, 0) is 6.42 Å². The van der Waals surface area contributed by atoms with Gasteiger partial charge in [0, 0.05) is 0 Å². The van der Waals surface area contributed by atoms with Gasteiger partial charge in [-0.1, -0.05) is 6.07 Å². The van der Waals surface area contributed by atoms with Crippen molar-refractivity contribution in [2.24, 2.45) is 5.73 Å². The number of aromatic hydroxyl groups is 2. The summed E-state index contributed by atoms with van der Waals surface area (Å²) in [6.07, 6.45) is 0.716. The Hall–Kier alpha value is -0.220. The molecule has 0 spiro atoms. The van der Waals surface area contributed by atoms with Crippen LogP contribution < -0.4 is 35.3 Å². The van der Waals surface area contributed by atoms with Crippen LogP contribution in [0.2, 0.25) is 0 Å². The van der Waals surface area contributed by atoms with E-state index in [4.69, 9.17) is 15.9 Å².